The first-order valence-corrected chi connectivity index (χ1v) is 7.65. The summed E-state index contributed by atoms with van der Waals surface area (Å²) in [6.45, 7) is -0.336. The van der Waals surface area contributed by atoms with Crippen LogP contribution in [0.2, 0.25) is 0 Å². The van der Waals surface area contributed by atoms with E-state index in [2.05, 4.69) is 10.6 Å². The van der Waals surface area contributed by atoms with Gasteiger partial charge < -0.3 is 15.2 Å². The molecule has 2 rings (SSSR count). The molecule has 2 aromatic rings. The molecule has 2 amide bonds. The Kier molecular flexibility index (Phi) is 6.16. The molecule has 6 nitrogen and oxygen atoms in total. The molecule has 1 aromatic carbocycles. The van der Waals surface area contributed by atoms with E-state index in [0.717, 1.165) is 12.3 Å². The number of aromatic nitrogens is 1. The van der Waals surface area contributed by atoms with Gasteiger partial charge in [0, 0.05) is 24.8 Å². The molecule has 1 aromatic heterocycles. The van der Waals surface area contributed by atoms with Crippen molar-refractivity contribution in [3.05, 3.63) is 70.1 Å². The summed E-state index contributed by atoms with van der Waals surface area (Å²) in [4.78, 5) is 35.3. The molecule has 0 aliphatic heterocycles. The standard InChI is InChI=1S/C17H16F3N3O3/c18-17(19,20)13-7-4-10-23(16(13)26)11-14(24)21-8-9-22-15(25)12-5-2-1-3-6-12/h1-7,10H,8-9,11H2,(H,21,24)(H,22,25). The van der Waals surface area contributed by atoms with Gasteiger partial charge in [-0.15, -0.1) is 0 Å². The molecule has 9 heteroatoms. The third-order valence-corrected chi connectivity index (χ3v) is 3.41. The van der Waals surface area contributed by atoms with Crippen LogP contribution >= 0.6 is 0 Å². The topological polar surface area (TPSA) is 80.2 Å². The van der Waals surface area contributed by atoms with Gasteiger partial charge in [0.2, 0.25) is 5.91 Å². The Morgan fingerprint density at radius 3 is 2.27 bits per heavy atom. The smallest absolute Gasteiger partial charge is 0.353 e. The molecule has 1 heterocycles. The Morgan fingerprint density at radius 1 is 0.962 bits per heavy atom. The first-order valence-electron chi connectivity index (χ1n) is 7.65. The number of hydrogen-bond donors (Lipinski definition) is 2. The molecule has 0 bridgehead atoms. The van der Waals surface area contributed by atoms with E-state index in [1.807, 2.05) is 0 Å². The average molecular weight is 367 g/mol. The average Bonchev–Trinajstić information content (AvgIpc) is 2.60. The number of amides is 2. The Hall–Kier alpha value is -3.10. The Bertz CT molecular complexity index is 832. The molecule has 0 radical (unpaired) electrons. The van der Waals surface area contributed by atoms with Crippen LogP contribution in [-0.4, -0.2) is 29.5 Å². The molecule has 26 heavy (non-hydrogen) atoms. The molecule has 0 spiro atoms. The zero-order valence-electron chi connectivity index (χ0n) is 13.5. The van der Waals surface area contributed by atoms with Crippen molar-refractivity contribution in [2.75, 3.05) is 13.1 Å². The van der Waals surface area contributed by atoms with Crippen LogP contribution in [0.5, 0.6) is 0 Å². The second-order valence-corrected chi connectivity index (χ2v) is 5.32. The zero-order valence-corrected chi connectivity index (χ0v) is 13.5. The molecule has 0 aliphatic carbocycles. The lowest BCUT2D eigenvalue weighted by molar-refractivity contribution is -0.139. The van der Waals surface area contributed by atoms with E-state index < -0.39 is 29.8 Å². The number of benzene rings is 1. The van der Waals surface area contributed by atoms with Crippen molar-refractivity contribution < 1.29 is 22.8 Å². The van der Waals surface area contributed by atoms with Gasteiger partial charge in [0.25, 0.3) is 11.5 Å². The molecule has 0 unspecified atom stereocenters. The van der Waals surface area contributed by atoms with Gasteiger partial charge in [0.1, 0.15) is 12.1 Å². The summed E-state index contributed by atoms with van der Waals surface area (Å²) in [7, 11) is 0. The summed E-state index contributed by atoms with van der Waals surface area (Å²) >= 11 is 0. The Morgan fingerprint density at radius 2 is 1.62 bits per heavy atom. The highest BCUT2D eigenvalue weighted by Gasteiger charge is 2.34. The maximum absolute atomic E-state index is 12.7. The minimum absolute atomic E-state index is 0.0745. The van der Waals surface area contributed by atoms with Crippen LogP contribution in [0.25, 0.3) is 0 Å². The van der Waals surface area contributed by atoms with E-state index in [4.69, 9.17) is 0 Å². The predicted octanol–water partition coefficient (Wildman–Crippen LogP) is 1.41. The Balaban J connectivity index is 1.83. The third kappa shape index (κ3) is 5.20. The van der Waals surface area contributed by atoms with E-state index in [0.29, 0.717) is 16.2 Å². The lowest BCUT2D eigenvalue weighted by Crippen LogP contribution is -2.38. The highest BCUT2D eigenvalue weighted by molar-refractivity contribution is 5.94. The minimum atomic E-state index is -4.78. The summed E-state index contributed by atoms with van der Waals surface area (Å²) in [5.41, 5.74) is -2.15. The van der Waals surface area contributed by atoms with Crippen LogP contribution in [0, 0.1) is 0 Å². The number of halogens is 3. The summed E-state index contributed by atoms with van der Waals surface area (Å²) in [6.07, 6.45) is -3.67. The van der Waals surface area contributed by atoms with E-state index >= 15 is 0 Å². The van der Waals surface area contributed by atoms with Crippen LogP contribution in [-0.2, 0) is 17.5 Å². The number of alkyl halides is 3. The number of hydrogen-bond acceptors (Lipinski definition) is 3. The third-order valence-electron chi connectivity index (χ3n) is 3.41. The first-order chi connectivity index (χ1) is 12.3. The quantitative estimate of drug-likeness (QED) is 0.758. The van der Waals surface area contributed by atoms with E-state index in [1.165, 1.54) is 0 Å². The second kappa shape index (κ2) is 8.32. The molecule has 0 fully saturated rings. The fourth-order valence-electron chi connectivity index (χ4n) is 2.16. The largest absolute Gasteiger partial charge is 0.421 e. The van der Waals surface area contributed by atoms with Crippen molar-refractivity contribution in [2.24, 2.45) is 0 Å². The second-order valence-electron chi connectivity index (χ2n) is 5.32. The maximum Gasteiger partial charge on any atom is 0.421 e. The van der Waals surface area contributed by atoms with Crippen LogP contribution < -0.4 is 16.2 Å². The van der Waals surface area contributed by atoms with Crippen molar-refractivity contribution in [3.8, 4) is 0 Å². The summed E-state index contributed by atoms with van der Waals surface area (Å²) in [5.74, 6) is -0.950. The molecular weight excluding hydrogens is 351 g/mol. The molecule has 0 aliphatic rings. The summed E-state index contributed by atoms with van der Waals surface area (Å²) < 4.78 is 38.7. The van der Waals surface area contributed by atoms with Crippen molar-refractivity contribution in [3.63, 3.8) is 0 Å². The van der Waals surface area contributed by atoms with Gasteiger partial charge in [-0.05, 0) is 24.3 Å². The molecule has 2 N–H and O–H groups in total. The van der Waals surface area contributed by atoms with Crippen molar-refractivity contribution in [2.45, 2.75) is 12.7 Å². The fraction of sp³-hybridized carbons (Fsp3) is 0.235. The summed E-state index contributed by atoms with van der Waals surface area (Å²) in [5, 5.41) is 5.02. The molecular formula is C17H16F3N3O3. The van der Waals surface area contributed by atoms with E-state index in [1.54, 1.807) is 30.3 Å². The van der Waals surface area contributed by atoms with Crippen molar-refractivity contribution in [1.82, 2.24) is 15.2 Å². The lowest BCUT2D eigenvalue weighted by Gasteiger charge is -2.11. The lowest BCUT2D eigenvalue weighted by atomic mass is 10.2. The highest BCUT2D eigenvalue weighted by atomic mass is 19.4. The highest BCUT2D eigenvalue weighted by Crippen LogP contribution is 2.25. The van der Waals surface area contributed by atoms with Crippen LogP contribution in [0.4, 0.5) is 13.2 Å². The van der Waals surface area contributed by atoms with Gasteiger partial charge in [-0.1, -0.05) is 18.2 Å². The van der Waals surface area contributed by atoms with Gasteiger partial charge >= 0.3 is 6.18 Å². The molecule has 0 saturated heterocycles. The maximum atomic E-state index is 12.7. The van der Waals surface area contributed by atoms with Gasteiger partial charge in [-0.25, -0.2) is 0 Å². The fourth-order valence-corrected chi connectivity index (χ4v) is 2.16. The molecule has 138 valence electrons. The Labute approximate surface area is 146 Å². The number of rotatable bonds is 6. The zero-order chi connectivity index (χ0) is 19.2. The normalized spacial score (nSPS) is 11.0. The predicted molar refractivity (Wildman–Crippen MR) is 87.5 cm³/mol. The van der Waals surface area contributed by atoms with Gasteiger partial charge in [-0.3, -0.25) is 14.4 Å². The van der Waals surface area contributed by atoms with Crippen LogP contribution in [0.3, 0.4) is 0 Å². The first kappa shape index (κ1) is 19.2. The SMILES string of the molecule is O=C(Cn1cccc(C(F)(F)F)c1=O)NCCNC(=O)c1ccccc1. The minimum Gasteiger partial charge on any atom is -0.353 e. The molecule has 0 saturated carbocycles. The molecule has 0 atom stereocenters. The van der Waals surface area contributed by atoms with Gasteiger partial charge in [0.15, 0.2) is 0 Å². The number of pyridine rings is 1. The van der Waals surface area contributed by atoms with Gasteiger partial charge in [-0.2, -0.15) is 13.2 Å². The van der Waals surface area contributed by atoms with Crippen molar-refractivity contribution >= 4 is 11.8 Å². The van der Waals surface area contributed by atoms with E-state index in [9.17, 15) is 27.6 Å². The monoisotopic (exact) mass is 367 g/mol. The summed E-state index contributed by atoms with van der Waals surface area (Å²) in [6, 6.07) is 10.2. The number of nitrogens with one attached hydrogen (secondary N) is 2. The number of carbonyl (C=O) groups excluding carboxylic acids is 2. The van der Waals surface area contributed by atoms with Crippen molar-refractivity contribution in [1.29, 1.82) is 0 Å². The number of carbonyl (C=O) groups is 2. The number of nitrogens with zero attached hydrogens (tertiary/aromatic N) is 1. The van der Waals surface area contributed by atoms with E-state index in [-0.39, 0.29) is 19.0 Å². The van der Waals surface area contributed by atoms with Crippen LogP contribution in [0.1, 0.15) is 15.9 Å². The van der Waals surface area contributed by atoms with Crippen LogP contribution in [0.15, 0.2) is 53.5 Å². The van der Waals surface area contributed by atoms with Gasteiger partial charge in [0.05, 0.1) is 0 Å².